The molecule has 0 radical (unpaired) electrons. The lowest BCUT2D eigenvalue weighted by atomic mass is 9.99. The number of fused-ring (bicyclic) bond motifs is 6. The molecule has 0 aliphatic carbocycles. The number of rotatable bonds is 6. The average molecular weight is 730 g/mol. The van der Waals surface area contributed by atoms with E-state index in [1.165, 1.54) is 33.0 Å². The summed E-state index contributed by atoms with van der Waals surface area (Å²) in [4.78, 5) is 10.2. The van der Waals surface area contributed by atoms with Crippen LogP contribution in [-0.2, 0) is 0 Å². The molecule has 268 valence electrons. The van der Waals surface area contributed by atoms with Crippen LogP contribution in [-0.4, -0.2) is 14.5 Å². The molecule has 3 aromatic heterocycles. The van der Waals surface area contributed by atoms with Gasteiger partial charge in [-0.2, -0.15) is 0 Å². The zero-order chi connectivity index (χ0) is 37.9. The third-order valence-electron chi connectivity index (χ3n) is 11.2. The number of benzene rings is 8. The minimum absolute atomic E-state index is 0.696. The minimum atomic E-state index is 0.696. The Morgan fingerprint density at radius 2 is 0.860 bits per heavy atom. The van der Waals surface area contributed by atoms with Gasteiger partial charge in [0.2, 0.25) is 0 Å². The number of hydrogen-bond acceptors (Lipinski definition) is 3. The standard InChI is InChI=1S/C53H35N3O/c1-34-51(37-18-10-4-11-19-37)54-53(38-20-12-5-13-21-38)55-52(34)41-24-28-45-46-33-42(25-29-49(46)57-50(45)32-41)56-47-30-39(35-14-6-2-7-15-35)22-26-43(47)44-27-23-40(31-48(44)56)36-16-8-3-9-17-36/h2-33H,1H3. The summed E-state index contributed by atoms with van der Waals surface area (Å²) in [6, 6.07) is 68.5. The molecule has 0 atom stereocenters. The Morgan fingerprint density at radius 3 is 1.44 bits per heavy atom. The van der Waals surface area contributed by atoms with E-state index in [0.717, 1.165) is 72.3 Å². The van der Waals surface area contributed by atoms with Crippen molar-refractivity contribution in [2.24, 2.45) is 0 Å². The van der Waals surface area contributed by atoms with Crippen LogP contribution in [0, 0.1) is 6.92 Å². The van der Waals surface area contributed by atoms with Crippen LogP contribution in [0.3, 0.4) is 0 Å². The molecule has 8 aromatic carbocycles. The summed E-state index contributed by atoms with van der Waals surface area (Å²) < 4.78 is 9.05. The zero-order valence-electron chi connectivity index (χ0n) is 31.2. The molecule has 0 saturated carbocycles. The summed E-state index contributed by atoms with van der Waals surface area (Å²) in [5.41, 5.74) is 15.7. The predicted octanol–water partition coefficient (Wildman–Crippen LogP) is 14.1. The van der Waals surface area contributed by atoms with Crippen molar-refractivity contribution in [2.75, 3.05) is 0 Å². The largest absolute Gasteiger partial charge is 0.456 e. The Kier molecular flexibility index (Phi) is 7.68. The minimum Gasteiger partial charge on any atom is -0.456 e. The highest BCUT2D eigenvalue weighted by Gasteiger charge is 2.19. The van der Waals surface area contributed by atoms with Crippen molar-refractivity contribution in [3.63, 3.8) is 0 Å². The van der Waals surface area contributed by atoms with Crippen molar-refractivity contribution in [3.8, 4) is 61.8 Å². The number of nitrogens with zero attached hydrogens (tertiary/aromatic N) is 3. The first kappa shape index (κ1) is 32.8. The van der Waals surface area contributed by atoms with Crippen molar-refractivity contribution in [3.05, 3.63) is 200 Å². The predicted molar refractivity (Wildman–Crippen MR) is 236 cm³/mol. The summed E-state index contributed by atoms with van der Waals surface area (Å²) >= 11 is 0. The van der Waals surface area contributed by atoms with Gasteiger partial charge in [-0.25, -0.2) is 9.97 Å². The number of aromatic nitrogens is 3. The highest BCUT2D eigenvalue weighted by atomic mass is 16.3. The molecule has 0 fully saturated rings. The molecule has 0 saturated heterocycles. The van der Waals surface area contributed by atoms with Crippen LogP contribution >= 0.6 is 0 Å². The second-order valence-corrected chi connectivity index (χ2v) is 14.6. The first-order chi connectivity index (χ1) is 28.2. The second kappa shape index (κ2) is 13.3. The van der Waals surface area contributed by atoms with Gasteiger partial charge < -0.3 is 8.98 Å². The first-order valence-electron chi connectivity index (χ1n) is 19.3. The monoisotopic (exact) mass is 729 g/mol. The van der Waals surface area contributed by atoms with Gasteiger partial charge in [0, 0.05) is 49.5 Å². The molecule has 11 aromatic rings. The molecule has 4 heteroatoms. The molecule has 0 aliphatic heterocycles. The Bertz CT molecular complexity index is 3180. The molecular weight excluding hydrogens is 695 g/mol. The zero-order valence-corrected chi connectivity index (χ0v) is 31.2. The maximum absolute atomic E-state index is 6.63. The van der Waals surface area contributed by atoms with Gasteiger partial charge in [-0.3, -0.25) is 0 Å². The first-order valence-corrected chi connectivity index (χ1v) is 19.3. The smallest absolute Gasteiger partial charge is 0.160 e. The normalized spacial score (nSPS) is 11.6. The molecule has 0 amide bonds. The topological polar surface area (TPSA) is 43.9 Å². The third-order valence-corrected chi connectivity index (χ3v) is 11.2. The van der Waals surface area contributed by atoms with E-state index < -0.39 is 0 Å². The SMILES string of the molecule is Cc1c(-c2ccccc2)nc(-c2ccccc2)nc1-c1ccc2c(c1)oc1ccc(-n3c4cc(-c5ccccc5)ccc4c4ccc(-c5ccccc5)cc43)cc12. The summed E-state index contributed by atoms with van der Waals surface area (Å²) in [5.74, 6) is 0.696. The van der Waals surface area contributed by atoms with E-state index in [4.69, 9.17) is 14.4 Å². The summed E-state index contributed by atoms with van der Waals surface area (Å²) in [7, 11) is 0. The van der Waals surface area contributed by atoms with Crippen molar-refractivity contribution in [1.29, 1.82) is 0 Å². The van der Waals surface area contributed by atoms with E-state index in [-0.39, 0.29) is 0 Å². The maximum atomic E-state index is 6.63. The van der Waals surface area contributed by atoms with Gasteiger partial charge in [0.05, 0.1) is 22.4 Å². The van der Waals surface area contributed by atoms with E-state index >= 15 is 0 Å². The van der Waals surface area contributed by atoms with E-state index in [1.807, 2.05) is 24.3 Å². The summed E-state index contributed by atoms with van der Waals surface area (Å²) in [5, 5.41) is 4.56. The lowest BCUT2D eigenvalue weighted by Crippen LogP contribution is -2.00. The van der Waals surface area contributed by atoms with Crippen LogP contribution in [0.25, 0.3) is 106 Å². The molecule has 0 bridgehead atoms. The summed E-state index contributed by atoms with van der Waals surface area (Å²) in [6.07, 6.45) is 0. The van der Waals surface area contributed by atoms with Crippen molar-refractivity contribution < 1.29 is 4.42 Å². The lowest BCUT2D eigenvalue weighted by molar-refractivity contribution is 0.669. The van der Waals surface area contributed by atoms with Gasteiger partial charge in [-0.15, -0.1) is 0 Å². The van der Waals surface area contributed by atoms with Gasteiger partial charge in [0.25, 0.3) is 0 Å². The molecule has 0 unspecified atom stereocenters. The lowest BCUT2D eigenvalue weighted by Gasteiger charge is -2.13. The van der Waals surface area contributed by atoms with E-state index in [0.29, 0.717) is 5.82 Å². The van der Waals surface area contributed by atoms with Crippen molar-refractivity contribution >= 4 is 43.7 Å². The Labute approximate surface area is 330 Å². The van der Waals surface area contributed by atoms with Gasteiger partial charge in [-0.05, 0) is 71.6 Å². The van der Waals surface area contributed by atoms with Crippen molar-refractivity contribution in [1.82, 2.24) is 14.5 Å². The van der Waals surface area contributed by atoms with Gasteiger partial charge in [0.1, 0.15) is 11.2 Å². The van der Waals surface area contributed by atoms with Crippen LogP contribution in [0.5, 0.6) is 0 Å². The molecule has 0 spiro atoms. The van der Waals surface area contributed by atoms with Gasteiger partial charge in [-0.1, -0.05) is 152 Å². The van der Waals surface area contributed by atoms with E-state index in [9.17, 15) is 0 Å². The molecule has 0 N–H and O–H groups in total. The highest BCUT2D eigenvalue weighted by molar-refractivity contribution is 6.12. The van der Waals surface area contributed by atoms with Crippen molar-refractivity contribution in [2.45, 2.75) is 6.92 Å². The van der Waals surface area contributed by atoms with Crippen LogP contribution in [0.4, 0.5) is 0 Å². The molecule has 3 heterocycles. The fourth-order valence-corrected chi connectivity index (χ4v) is 8.36. The van der Waals surface area contributed by atoms with Crippen LogP contribution < -0.4 is 0 Å². The van der Waals surface area contributed by atoms with E-state index in [1.54, 1.807) is 0 Å². The second-order valence-electron chi connectivity index (χ2n) is 14.6. The van der Waals surface area contributed by atoms with Crippen LogP contribution in [0.15, 0.2) is 199 Å². The van der Waals surface area contributed by atoms with E-state index in [2.05, 4.69) is 181 Å². The Hall–Kier alpha value is -7.56. The average Bonchev–Trinajstić information content (AvgIpc) is 3.81. The molecule has 11 rings (SSSR count). The van der Waals surface area contributed by atoms with Crippen LogP contribution in [0.2, 0.25) is 0 Å². The molecule has 57 heavy (non-hydrogen) atoms. The van der Waals surface area contributed by atoms with Gasteiger partial charge in [0.15, 0.2) is 5.82 Å². The molecular formula is C53H35N3O. The molecule has 0 aliphatic rings. The Morgan fingerprint density at radius 1 is 0.368 bits per heavy atom. The maximum Gasteiger partial charge on any atom is 0.160 e. The van der Waals surface area contributed by atoms with Gasteiger partial charge >= 0.3 is 0 Å². The Balaban J connectivity index is 1.09. The van der Waals surface area contributed by atoms with Crippen LogP contribution in [0.1, 0.15) is 5.56 Å². The fraction of sp³-hybridized carbons (Fsp3) is 0.0189. The molecule has 4 nitrogen and oxygen atoms in total. The number of hydrogen-bond donors (Lipinski definition) is 0. The highest BCUT2D eigenvalue weighted by Crippen LogP contribution is 2.40. The third kappa shape index (κ3) is 5.61. The fourth-order valence-electron chi connectivity index (χ4n) is 8.36. The summed E-state index contributed by atoms with van der Waals surface area (Å²) in [6.45, 7) is 2.11. The quantitative estimate of drug-likeness (QED) is 0.171. The number of furan rings is 1.